The Hall–Kier alpha value is -1.18. The van der Waals surface area contributed by atoms with Crippen LogP contribution in [0.25, 0.3) is 0 Å². The van der Waals surface area contributed by atoms with E-state index in [1.807, 2.05) is 0 Å². The number of hydrogen-bond donors (Lipinski definition) is 1. The number of likely N-dealkylation sites (N-methyl/N-ethyl adjacent to an activating group) is 1. The molecule has 1 aromatic carbocycles. The molecule has 2 nitrogen and oxygen atoms in total. The first-order valence-electron chi connectivity index (χ1n) is 5.67. The lowest BCUT2D eigenvalue weighted by atomic mass is 9.96. The lowest BCUT2D eigenvalue weighted by Gasteiger charge is -2.45. The maximum absolute atomic E-state index is 3.52. The highest BCUT2D eigenvalue weighted by Gasteiger charge is 2.32. The molecule has 0 aliphatic carbocycles. The van der Waals surface area contributed by atoms with Crippen LogP contribution in [0.3, 0.4) is 0 Å². The van der Waals surface area contributed by atoms with E-state index in [0.717, 1.165) is 13.1 Å². The summed E-state index contributed by atoms with van der Waals surface area (Å²) < 4.78 is 0. The Labute approximate surface area is 92.3 Å². The molecule has 0 fully saturated rings. The van der Waals surface area contributed by atoms with E-state index in [0.29, 0.717) is 0 Å². The van der Waals surface area contributed by atoms with Gasteiger partial charge in [-0.2, -0.15) is 0 Å². The molecule has 2 heteroatoms. The fourth-order valence-electron chi connectivity index (χ4n) is 2.46. The molecule has 0 unspecified atom stereocenters. The van der Waals surface area contributed by atoms with E-state index >= 15 is 0 Å². The van der Waals surface area contributed by atoms with Crippen LogP contribution in [0.15, 0.2) is 18.2 Å². The van der Waals surface area contributed by atoms with Gasteiger partial charge in [-0.15, -0.1) is 0 Å². The van der Waals surface area contributed by atoms with Crippen molar-refractivity contribution in [3.05, 3.63) is 23.8 Å². The van der Waals surface area contributed by atoms with E-state index in [2.05, 4.69) is 56.1 Å². The van der Waals surface area contributed by atoms with Gasteiger partial charge in [-0.3, -0.25) is 0 Å². The van der Waals surface area contributed by atoms with Gasteiger partial charge in [0, 0.05) is 13.1 Å². The topological polar surface area (TPSA) is 15.3 Å². The highest BCUT2D eigenvalue weighted by atomic mass is 15.3. The Morgan fingerprint density at radius 3 is 2.80 bits per heavy atom. The van der Waals surface area contributed by atoms with E-state index < -0.39 is 0 Å². The summed E-state index contributed by atoms with van der Waals surface area (Å²) in [4.78, 5) is 2.49. The van der Waals surface area contributed by atoms with Gasteiger partial charge in [0.1, 0.15) is 0 Å². The Bertz CT molecular complexity index is 369. The Morgan fingerprint density at radius 1 is 1.40 bits per heavy atom. The second-order valence-electron chi connectivity index (χ2n) is 4.88. The lowest BCUT2D eigenvalue weighted by Crippen LogP contribution is -2.52. The highest BCUT2D eigenvalue weighted by molar-refractivity contribution is 5.76. The van der Waals surface area contributed by atoms with Gasteiger partial charge in [-0.1, -0.05) is 12.1 Å². The number of nitrogens with zero attached hydrogens (tertiary/aromatic N) is 1. The molecule has 1 N–H and O–H groups in total. The third-order valence-electron chi connectivity index (χ3n) is 3.27. The Kier molecular flexibility index (Phi) is 2.37. The number of fused-ring (bicyclic) bond motifs is 1. The van der Waals surface area contributed by atoms with Gasteiger partial charge < -0.3 is 10.2 Å². The third kappa shape index (κ3) is 1.58. The van der Waals surface area contributed by atoms with E-state index in [1.54, 1.807) is 0 Å². The van der Waals surface area contributed by atoms with Gasteiger partial charge in [-0.05, 0) is 39.3 Å². The summed E-state index contributed by atoms with van der Waals surface area (Å²) in [6.07, 6.45) is 0. The predicted molar refractivity (Wildman–Crippen MR) is 66.8 cm³/mol. The van der Waals surface area contributed by atoms with Crippen molar-refractivity contribution in [1.29, 1.82) is 0 Å². The zero-order chi connectivity index (χ0) is 11.1. The van der Waals surface area contributed by atoms with Crippen LogP contribution >= 0.6 is 0 Å². The van der Waals surface area contributed by atoms with E-state index in [-0.39, 0.29) is 5.54 Å². The maximum atomic E-state index is 3.52. The number of rotatable bonds is 1. The Balaban J connectivity index is 2.54. The van der Waals surface area contributed by atoms with Crippen molar-refractivity contribution in [3.8, 4) is 0 Å². The molecule has 0 saturated carbocycles. The second kappa shape index (κ2) is 3.44. The summed E-state index contributed by atoms with van der Waals surface area (Å²) in [7, 11) is 0. The standard InChI is InChI=1S/C13H20N2/c1-5-15-12-10(2)7-6-8-11(12)14-9-13(15,3)4/h6-8,14H,5,9H2,1-4H3. The summed E-state index contributed by atoms with van der Waals surface area (Å²) in [5.74, 6) is 0. The average molecular weight is 204 g/mol. The van der Waals surface area contributed by atoms with Gasteiger partial charge >= 0.3 is 0 Å². The van der Waals surface area contributed by atoms with Gasteiger partial charge in [0.2, 0.25) is 0 Å². The van der Waals surface area contributed by atoms with Gasteiger partial charge in [0.05, 0.1) is 16.9 Å². The first-order valence-corrected chi connectivity index (χ1v) is 5.67. The monoisotopic (exact) mass is 204 g/mol. The van der Waals surface area contributed by atoms with Crippen LogP contribution in [0, 0.1) is 6.92 Å². The number of nitrogens with one attached hydrogen (secondary N) is 1. The summed E-state index contributed by atoms with van der Waals surface area (Å²) in [6.45, 7) is 11.1. The van der Waals surface area contributed by atoms with Gasteiger partial charge in [0.25, 0.3) is 0 Å². The number of anilines is 2. The second-order valence-corrected chi connectivity index (χ2v) is 4.88. The van der Waals surface area contributed by atoms with E-state index in [1.165, 1.54) is 16.9 Å². The fraction of sp³-hybridized carbons (Fsp3) is 0.538. The van der Waals surface area contributed by atoms with Crippen LogP contribution in [-0.2, 0) is 0 Å². The number of aryl methyl sites for hydroxylation is 1. The minimum absolute atomic E-state index is 0.202. The molecule has 0 amide bonds. The Morgan fingerprint density at radius 2 is 2.13 bits per heavy atom. The normalized spacial score (nSPS) is 18.3. The van der Waals surface area contributed by atoms with Crippen LogP contribution in [0.4, 0.5) is 11.4 Å². The molecular weight excluding hydrogens is 184 g/mol. The molecule has 0 aromatic heterocycles. The lowest BCUT2D eigenvalue weighted by molar-refractivity contribution is 0.479. The predicted octanol–water partition coefficient (Wildman–Crippen LogP) is 3.03. The largest absolute Gasteiger partial charge is 0.381 e. The smallest absolute Gasteiger partial charge is 0.0636 e. The molecule has 1 aliphatic rings. The molecule has 0 spiro atoms. The van der Waals surface area contributed by atoms with E-state index in [4.69, 9.17) is 0 Å². The van der Waals surface area contributed by atoms with Crippen LogP contribution in [0.5, 0.6) is 0 Å². The van der Waals surface area contributed by atoms with Crippen molar-refractivity contribution in [2.24, 2.45) is 0 Å². The quantitative estimate of drug-likeness (QED) is 0.756. The first kappa shape index (κ1) is 10.3. The van der Waals surface area contributed by atoms with Crippen LogP contribution in [0.1, 0.15) is 26.3 Å². The van der Waals surface area contributed by atoms with Crippen molar-refractivity contribution in [2.45, 2.75) is 33.2 Å². The third-order valence-corrected chi connectivity index (χ3v) is 3.27. The minimum Gasteiger partial charge on any atom is -0.381 e. The fourth-order valence-corrected chi connectivity index (χ4v) is 2.46. The molecule has 15 heavy (non-hydrogen) atoms. The zero-order valence-electron chi connectivity index (χ0n) is 10.1. The molecule has 1 heterocycles. The summed E-state index contributed by atoms with van der Waals surface area (Å²) >= 11 is 0. The summed E-state index contributed by atoms with van der Waals surface area (Å²) in [5.41, 5.74) is 4.20. The molecule has 0 radical (unpaired) electrons. The van der Waals surface area contributed by atoms with Crippen molar-refractivity contribution < 1.29 is 0 Å². The van der Waals surface area contributed by atoms with Gasteiger partial charge in [-0.25, -0.2) is 0 Å². The number of benzene rings is 1. The highest BCUT2D eigenvalue weighted by Crippen LogP contribution is 2.37. The summed E-state index contributed by atoms with van der Waals surface area (Å²) in [6, 6.07) is 6.47. The van der Waals surface area contributed by atoms with Crippen LogP contribution < -0.4 is 10.2 Å². The molecule has 0 bridgehead atoms. The number of hydrogen-bond acceptors (Lipinski definition) is 2. The van der Waals surface area contributed by atoms with Crippen molar-refractivity contribution in [1.82, 2.24) is 0 Å². The minimum atomic E-state index is 0.202. The maximum Gasteiger partial charge on any atom is 0.0636 e. The van der Waals surface area contributed by atoms with Crippen molar-refractivity contribution in [3.63, 3.8) is 0 Å². The molecule has 2 rings (SSSR count). The van der Waals surface area contributed by atoms with Crippen LogP contribution in [0.2, 0.25) is 0 Å². The van der Waals surface area contributed by atoms with Crippen molar-refractivity contribution in [2.75, 3.05) is 23.3 Å². The SMILES string of the molecule is CCN1c2c(C)cccc2NCC1(C)C. The van der Waals surface area contributed by atoms with Crippen molar-refractivity contribution >= 4 is 11.4 Å². The molecule has 0 saturated heterocycles. The molecule has 0 atom stereocenters. The average Bonchev–Trinajstić information content (AvgIpc) is 2.18. The van der Waals surface area contributed by atoms with Crippen LogP contribution in [-0.4, -0.2) is 18.6 Å². The molecule has 1 aliphatic heterocycles. The van der Waals surface area contributed by atoms with E-state index in [9.17, 15) is 0 Å². The number of para-hydroxylation sites is 1. The zero-order valence-corrected chi connectivity index (χ0v) is 10.1. The summed E-state index contributed by atoms with van der Waals surface area (Å²) in [5, 5.41) is 3.52. The molecule has 82 valence electrons. The molecular formula is C13H20N2. The first-order chi connectivity index (χ1) is 7.06. The van der Waals surface area contributed by atoms with Gasteiger partial charge in [0.15, 0.2) is 0 Å². The molecule has 1 aromatic rings.